The largest absolute Gasteiger partial charge is 0.490 e. The summed E-state index contributed by atoms with van der Waals surface area (Å²) in [5, 5.41) is 0. The summed E-state index contributed by atoms with van der Waals surface area (Å²) in [6.45, 7) is 5.96. The maximum absolute atomic E-state index is 10.9. The molecule has 3 nitrogen and oxygen atoms in total. The lowest BCUT2D eigenvalue weighted by atomic mass is 10.1. The Morgan fingerprint density at radius 2 is 2.12 bits per heavy atom. The standard InChI is InChI=1S/C13H23NO2/c1-4-7-9-12(10-13(14)15)16-11(6-3)8-5-2/h5-6,8,12H,4,7,9-10H2,1-3H3,(H2,14,15). The fourth-order valence-electron chi connectivity index (χ4n) is 1.42. The van der Waals surface area contributed by atoms with Gasteiger partial charge >= 0.3 is 0 Å². The zero-order valence-electron chi connectivity index (χ0n) is 10.5. The summed E-state index contributed by atoms with van der Waals surface area (Å²) in [5.41, 5.74) is 5.20. The van der Waals surface area contributed by atoms with E-state index in [1.807, 2.05) is 32.1 Å². The van der Waals surface area contributed by atoms with Gasteiger partial charge in [0, 0.05) is 0 Å². The summed E-state index contributed by atoms with van der Waals surface area (Å²) in [7, 11) is 0. The average molecular weight is 225 g/mol. The van der Waals surface area contributed by atoms with Crippen molar-refractivity contribution in [1.82, 2.24) is 0 Å². The summed E-state index contributed by atoms with van der Waals surface area (Å²) in [6, 6.07) is 0. The molecule has 0 fully saturated rings. The smallest absolute Gasteiger partial charge is 0.221 e. The average Bonchev–Trinajstić information content (AvgIpc) is 2.24. The number of carbonyl (C=O) groups is 1. The topological polar surface area (TPSA) is 52.3 Å². The number of nitrogens with two attached hydrogens (primary N) is 1. The molecule has 0 spiro atoms. The van der Waals surface area contributed by atoms with E-state index in [9.17, 15) is 4.79 Å². The number of allylic oxidation sites excluding steroid dienone is 3. The summed E-state index contributed by atoms with van der Waals surface area (Å²) in [5.74, 6) is 0.488. The van der Waals surface area contributed by atoms with Crippen LogP contribution in [-0.4, -0.2) is 12.0 Å². The molecule has 0 rings (SSSR count). The van der Waals surface area contributed by atoms with Crippen LogP contribution < -0.4 is 5.73 Å². The number of amides is 1. The van der Waals surface area contributed by atoms with E-state index in [1.54, 1.807) is 0 Å². The van der Waals surface area contributed by atoms with Crippen molar-refractivity contribution in [3.8, 4) is 0 Å². The number of rotatable bonds is 8. The molecule has 0 aliphatic rings. The van der Waals surface area contributed by atoms with Gasteiger partial charge in [-0.05, 0) is 32.4 Å². The van der Waals surface area contributed by atoms with Crippen LogP contribution in [0.4, 0.5) is 0 Å². The molecule has 92 valence electrons. The molecule has 0 heterocycles. The zero-order valence-corrected chi connectivity index (χ0v) is 10.5. The van der Waals surface area contributed by atoms with Crippen LogP contribution in [-0.2, 0) is 9.53 Å². The van der Waals surface area contributed by atoms with Gasteiger partial charge in [-0.2, -0.15) is 0 Å². The quantitative estimate of drug-likeness (QED) is 0.510. The highest BCUT2D eigenvalue weighted by Crippen LogP contribution is 2.14. The van der Waals surface area contributed by atoms with Crippen molar-refractivity contribution in [3.05, 3.63) is 24.0 Å². The first-order valence-corrected chi connectivity index (χ1v) is 5.88. The Morgan fingerprint density at radius 1 is 1.44 bits per heavy atom. The lowest BCUT2D eigenvalue weighted by Gasteiger charge is -2.18. The lowest BCUT2D eigenvalue weighted by molar-refractivity contribution is -0.120. The van der Waals surface area contributed by atoms with E-state index in [0.29, 0.717) is 0 Å². The van der Waals surface area contributed by atoms with E-state index in [0.717, 1.165) is 25.0 Å². The van der Waals surface area contributed by atoms with E-state index in [-0.39, 0.29) is 18.4 Å². The van der Waals surface area contributed by atoms with Gasteiger partial charge in [-0.25, -0.2) is 0 Å². The van der Waals surface area contributed by atoms with Crippen LogP contribution in [0.2, 0.25) is 0 Å². The molecular weight excluding hydrogens is 202 g/mol. The van der Waals surface area contributed by atoms with Crippen LogP contribution in [0.25, 0.3) is 0 Å². The van der Waals surface area contributed by atoms with Gasteiger partial charge in [0.1, 0.15) is 11.9 Å². The molecule has 0 aliphatic carbocycles. The van der Waals surface area contributed by atoms with Gasteiger partial charge in [0.15, 0.2) is 0 Å². The number of hydrogen-bond donors (Lipinski definition) is 1. The predicted octanol–water partition coefficient (Wildman–Crippen LogP) is 2.92. The molecule has 16 heavy (non-hydrogen) atoms. The molecule has 1 atom stereocenters. The van der Waals surface area contributed by atoms with E-state index in [1.165, 1.54) is 0 Å². The van der Waals surface area contributed by atoms with Crippen LogP contribution >= 0.6 is 0 Å². The molecular formula is C13H23NO2. The molecule has 0 aromatic heterocycles. The van der Waals surface area contributed by atoms with Crippen molar-refractivity contribution in [1.29, 1.82) is 0 Å². The van der Waals surface area contributed by atoms with Gasteiger partial charge in [-0.3, -0.25) is 4.79 Å². The molecule has 0 aromatic rings. The normalized spacial score (nSPS) is 14.1. The van der Waals surface area contributed by atoms with Gasteiger partial charge in [0.05, 0.1) is 6.42 Å². The maximum Gasteiger partial charge on any atom is 0.221 e. The molecule has 2 N–H and O–H groups in total. The van der Waals surface area contributed by atoms with Gasteiger partial charge < -0.3 is 10.5 Å². The molecule has 0 bridgehead atoms. The number of primary amides is 1. The number of carbonyl (C=O) groups excluding carboxylic acids is 1. The fraction of sp³-hybridized carbons (Fsp3) is 0.615. The number of hydrogen-bond acceptors (Lipinski definition) is 2. The second-order valence-corrected chi connectivity index (χ2v) is 3.74. The summed E-state index contributed by atoms with van der Waals surface area (Å²) < 4.78 is 5.73. The second-order valence-electron chi connectivity index (χ2n) is 3.74. The molecule has 0 saturated carbocycles. The summed E-state index contributed by atoms with van der Waals surface area (Å²) in [6.07, 6.45) is 8.89. The van der Waals surface area contributed by atoms with E-state index >= 15 is 0 Å². The molecule has 0 radical (unpaired) electrons. The highest BCUT2D eigenvalue weighted by Gasteiger charge is 2.13. The minimum absolute atomic E-state index is 0.0974. The van der Waals surface area contributed by atoms with Gasteiger partial charge in [-0.15, -0.1) is 0 Å². The van der Waals surface area contributed by atoms with Gasteiger partial charge in [0.2, 0.25) is 5.91 Å². The fourth-order valence-corrected chi connectivity index (χ4v) is 1.42. The van der Waals surface area contributed by atoms with Crippen molar-refractivity contribution in [2.45, 2.75) is 52.6 Å². The Hall–Kier alpha value is -1.25. The van der Waals surface area contributed by atoms with Crippen molar-refractivity contribution in [2.24, 2.45) is 5.73 Å². The van der Waals surface area contributed by atoms with Crippen molar-refractivity contribution in [2.75, 3.05) is 0 Å². The third kappa shape index (κ3) is 7.10. The third-order valence-electron chi connectivity index (χ3n) is 2.23. The Balaban J connectivity index is 4.32. The molecule has 3 heteroatoms. The van der Waals surface area contributed by atoms with E-state index in [4.69, 9.17) is 10.5 Å². The number of unbranched alkanes of at least 4 members (excludes halogenated alkanes) is 1. The SMILES string of the molecule is CC=CC(=CC)OC(CCCC)CC(N)=O. The van der Waals surface area contributed by atoms with Crippen LogP contribution in [0.1, 0.15) is 46.5 Å². The van der Waals surface area contributed by atoms with Crippen molar-refractivity contribution < 1.29 is 9.53 Å². The molecule has 1 unspecified atom stereocenters. The highest BCUT2D eigenvalue weighted by molar-refractivity contribution is 5.74. The second kappa shape index (κ2) is 9.01. The van der Waals surface area contributed by atoms with Crippen LogP contribution in [0.5, 0.6) is 0 Å². The van der Waals surface area contributed by atoms with Crippen molar-refractivity contribution >= 4 is 5.91 Å². The third-order valence-corrected chi connectivity index (χ3v) is 2.23. The summed E-state index contributed by atoms with van der Waals surface area (Å²) in [4.78, 5) is 10.9. The molecule has 0 aliphatic heterocycles. The lowest BCUT2D eigenvalue weighted by Crippen LogP contribution is -2.22. The number of ether oxygens (including phenoxy) is 1. The zero-order chi connectivity index (χ0) is 12.4. The minimum atomic E-state index is -0.308. The predicted molar refractivity (Wildman–Crippen MR) is 66.8 cm³/mol. The Bertz CT molecular complexity index is 257. The summed E-state index contributed by atoms with van der Waals surface area (Å²) >= 11 is 0. The van der Waals surface area contributed by atoms with Crippen molar-refractivity contribution in [3.63, 3.8) is 0 Å². The Labute approximate surface area is 98.4 Å². The Kier molecular flexibility index (Phi) is 8.31. The van der Waals surface area contributed by atoms with Gasteiger partial charge in [0.25, 0.3) is 0 Å². The maximum atomic E-state index is 10.9. The first-order chi connectivity index (χ1) is 7.63. The van der Waals surface area contributed by atoms with Gasteiger partial charge in [-0.1, -0.05) is 25.8 Å². The minimum Gasteiger partial charge on any atom is -0.490 e. The first-order valence-electron chi connectivity index (χ1n) is 5.88. The van der Waals surface area contributed by atoms with Crippen LogP contribution in [0, 0.1) is 0 Å². The first kappa shape index (κ1) is 14.8. The monoisotopic (exact) mass is 225 g/mol. The highest BCUT2D eigenvalue weighted by atomic mass is 16.5. The molecule has 0 saturated heterocycles. The van der Waals surface area contributed by atoms with E-state index in [2.05, 4.69) is 6.92 Å². The molecule has 0 aromatic carbocycles. The van der Waals surface area contributed by atoms with E-state index < -0.39 is 0 Å². The Morgan fingerprint density at radius 3 is 2.56 bits per heavy atom. The molecule has 1 amide bonds. The van der Waals surface area contributed by atoms with Crippen LogP contribution in [0.15, 0.2) is 24.0 Å². The van der Waals surface area contributed by atoms with Crippen LogP contribution in [0.3, 0.4) is 0 Å².